The van der Waals surface area contributed by atoms with E-state index in [2.05, 4.69) is 17.2 Å². The Morgan fingerprint density at radius 2 is 2.25 bits per heavy atom. The second-order valence-corrected chi connectivity index (χ2v) is 6.18. The summed E-state index contributed by atoms with van der Waals surface area (Å²) in [5, 5.41) is 2.52. The van der Waals surface area contributed by atoms with Crippen LogP contribution in [-0.2, 0) is 16.4 Å². The number of sulfone groups is 1. The van der Waals surface area contributed by atoms with E-state index in [-0.39, 0.29) is 0 Å². The van der Waals surface area contributed by atoms with Gasteiger partial charge in [-0.2, -0.15) is 0 Å². The maximum atomic E-state index is 11.4. The van der Waals surface area contributed by atoms with Gasteiger partial charge in [0.1, 0.15) is 11.0 Å². The van der Waals surface area contributed by atoms with Crippen LogP contribution in [0.2, 0.25) is 0 Å². The van der Waals surface area contributed by atoms with E-state index < -0.39 is 15.1 Å². The average molecular weight is 246 g/mol. The van der Waals surface area contributed by atoms with E-state index >= 15 is 0 Å². The number of nitrogens with zero attached hydrogens (tertiary/aromatic N) is 1. The first-order valence-corrected chi connectivity index (χ1v) is 7.24. The molecule has 1 rings (SSSR count). The molecule has 0 aliphatic carbocycles. The molecule has 1 unspecified atom stereocenters. The Hall–Kier alpha value is -0.880. The highest BCUT2D eigenvalue weighted by Crippen LogP contribution is 2.23. The predicted molar refractivity (Wildman–Crippen MR) is 61.8 cm³/mol. The maximum absolute atomic E-state index is 11.4. The third-order valence-electron chi connectivity index (χ3n) is 2.40. The number of hydrogen-bond donors (Lipinski definition) is 1. The molecule has 0 fully saturated rings. The lowest BCUT2D eigenvalue weighted by atomic mass is 10.3. The van der Waals surface area contributed by atoms with Crippen molar-refractivity contribution in [3.8, 4) is 0 Å². The van der Waals surface area contributed by atoms with Crippen LogP contribution in [0.25, 0.3) is 0 Å². The summed E-state index contributed by atoms with van der Waals surface area (Å²) in [6.07, 6.45) is 3.51. The molecule has 1 atom stereocenters. The topological polar surface area (TPSA) is 72.2 Å². The van der Waals surface area contributed by atoms with Crippen LogP contribution in [0, 0.1) is 0 Å². The normalized spacial score (nSPS) is 13.9. The fraction of sp³-hybridized carbons (Fsp3) is 0.700. The summed E-state index contributed by atoms with van der Waals surface area (Å²) in [6, 6.07) is 0. The summed E-state index contributed by atoms with van der Waals surface area (Å²) >= 11 is 0. The van der Waals surface area contributed by atoms with Crippen LogP contribution in [0.1, 0.15) is 37.0 Å². The quantitative estimate of drug-likeness (QED) is 0.765. The second-order valence-electron chi connectivity index (χ2n) is 3.81. The van der Waals surface area contributed by atoms with E-state index in [0.717, 1.165) is 13.0 Å². The lowest BCUT2D eigenvalue weighted by Gasteiger charge is -2.08. The first kappa shape index (κ1) is 13.2. The summed E-state index contributed by atoms with van der Waals surface area (Å²) in [4.78, 5) is 4.03. The molecule has 0 saturated heterocycles. The monoisotopic (exact) mass is 246 g/mol. The van der Waals surface area contributed by atoms with Gasteiger partial charge < -0.3 is 9.73 Å². The van der Waals surface area contributed by atoms with Gasteiger partial charge in [0.15, 0.2) is 16.2 Å². The van der Waals surface area contributed by atoms with Crippen LogP contribution in [0.3, 0.4) is 0 Å². The SMILES string of the molecule is CCCNCc1ncoc1C(C)S(C)(=O)=O. The molecule has 0 spiro atoms. The van der Waals surface area contributed by atoms with Crippen molar-refractivity contribution in [3.63, 3.8) is 0 Å². The fourth-order valence-corrected chi connectivity index (χ4v) is 1.90. The van der Waals surface area contributed by atoms with Crippen molar-refractivity contribution in [2.24, 2.45) is 0 Å². The van der Waals surface area contributed by atoms with Crippen LogP contribution in [-0.4, -0.2) is 26.2 Å². The molecule has 92 valence electrons. The molecule has 0 aromatic carbocycles. The summed E-state index contributed by atoms with van der Waals surface area (Å²) in [5.74, 6) is 0.436. The smallest absolute Gasteiger partial charge is 0.181 e. The lowest BCUT2D eigenvalue weighted by molar-refractivity contribution is 0.490. The Kier molecular flexibility index (Phi) is 4.49. The molecule has 0 aliphatic rings. The molecule has 0 saturated carbocycles. The van der Waals surface area contributed by atoms with Crippen LogP contribution in [0.5, 0.6) is 0 Å². The Morgan fingerprint density at radius 1 is 1.56 bits per heavy atom. The summed E-state index contributed by atoms with van der Waals surface area (Å²) in [6.45, 7) is 5.09. The zero-order valence-corrected chi connectivity index (χ0v) is 10.7. The molecule has 1 N–H and O–H groups in total. The van der Waals surface area contributed by atoms with Crippen LogP contribution >= 0.6 is 0 Å². The zero-order chi connectivity index (χ0) is 12.2. The average Bonchev–Trinajstić information content (AvgIpc) is 2.64. The summed E-state index contributed by atoms with van der Waals surface area (Å²) in [7, 11) is -3.14. The number of oxazole rings is 1. The van der Waals surface area contributed by atoms with E-state index in [4.69, 9.17) is 4.42 Å². The first-order valence-electron chi connectivity index (χ1n) is 5.28. The molecule has 0 radical (unpaired) electrons. The van der Waals surface area contributed by atoms with Gasteiger partial charge >= 0.3 is 0 Å². The van der Waals surface area contributed by atoms with Crippen LogP contribution in [0.4, 0.5) is 0 Å². The van der Waals surface area contributed by atoms with Crippen molar-refractivity contribution in [2.45, 2.75) is 32.1 Å². The minimum atomic E-state index is -3.14. The van der Waals surface area contributed by atoms with E-state index in [1.165, 1.54) is 12.6 Å². The predicted octanol–water partition coefficient (Wildman–Crippen LogP) is 1.28. The van der Waals surface area contributed by atoms with Gasteiger partial charge in [-0.15, -0.1) is 0 Å². The minimum Gasteiger partial charge on any atom is -0.447 e. The molecule has 0 aliphatic heterocycles. The Balaban J connectivity index is 2.78. The highest BCUT2D eigenvalue weighted by molar-refractivity contribution is 7.90. The van der Waals surface area contributed by atoms with Crippen LogP contribution < -0.4 is 5.32 Å². The van der Waals surface area contributed by atoms with Gasteiger partial charge in [-0.3, -0.25) is 0 Å². The van der Waals surface area contributed by atoms with Crippen LogP contribution in [0.15, 0.2) is 10.8 Å². The van der Waals surface area contributed by atoms with Crippen molar-refractivity contribution in [2.75, 3.05) is 12.8 Å². The van der Waals surface area contributed by atoms with Gasteiger partial charge in [-0.05, 0) is 19.9 Å². The molecular formula is C10H18N2O3S. The Labute approximate surface area is 96.2 Å². The highest BCUT2D eigenvalue weighted by atomic mass is 32.2. The molecule has 1 heterocycles. The van der Waals surface area contributed by atoms with Gasteiger partial charge in [0, 0.05) is 12.8 Å². The largest absolute Gasteiger partial charge is 0.447 e. The van der Waals surface area contributed by atoms with Crippen molar-refractivity contribution >= 4 is 9.84 Å². The fourth-order valence-electron chi connectivity index (χ4n) is 1.32. The molecule has 1 aromatic heterocycles. The van der Waals surface area contributed by atoms with Gasteiger partial charge in [0.05, 0.1) is 5.69 Å². The van der Waals surface area contributed by atoms with Gasteiger partial charge in [0.2, 0.25) is 0 Å². The summed E-state index contributed by atoms with van der Waals surface area (Å²) in [5.41, 5.74) is 0.673. The molecule has 0 amide bonds. The number of nitrogens with one attached hydrogen (secondary N) is 1. The molecule has 5 nitrogen and oxygen atoms in total. The van der Waals surface area contributed by atoms with E-state index in [0.29, 0.717) is 18.0 Å². The molecule has 6 heteroatoms. The van der Waals surface area contributed by atoms with E-state index in [1.54, 1.807) is 6.92 Å². The third kappa shape index (κ3) is 3.31. The van der Waals surface area contributed by atoms with Gasteiger partial charge in [0.25, 0.3) is 0 Å². The van der Waals surface area contributed by atoms with E-state index in [9.17, 15) is 8.42 Å². The Morgan fingerprint density at radius 3 is 2.81 bits per heavy atom. The maximum Gasteiger partial charge on any atom is 0.181 e. The molecular weight excluding hydrogens is 228 g/mol. The number of rotatable bonds is 6. The van der Waals surface area contributed by atoms with Crippen molar-refractivity contribution in [1.29, 1.82) is 0 Å². The first-order chi connectivity index (χ1) is 7.46. The van der Waals surface area contributed by atoms with Crippen molar-refractivity contribution in [3.05, 3.63) is 17.8 Å². The number of aromatic nitrogens is 1. The minimum absolute atomic E-state index is 0.436. The zero-order valence-electron chi connectivity index (χ0n) is 9.86. The number of hydrogen-bond acceptors (Lipinski definition) is 5. The second kappa shape index (κ2) is 5.45. The van der Waals surface area contributed by atoms with E-state index in [1.807, 2.05) is 0 Å². The Bertz CT molecular complexity index is 425. The highest BCUT2D eigenvalue weighted by Gasteiger charge is 2.24. The third-order valence-corrected chi connectivity index (χ3v) is 3.90. The molecule has 0 bridgehead atoms. The molecule has 16 heavy (non-hydrogen) atoms. The lowest BCUT2D eigenvalue weighted by Crippen LogP contribution is -2.17. The van der Waals surface area contributed by atoms with Crippen molar-refractivity contribution in [1.82, 2.24) is 10.3 Å². The summed E-state index contributed by atoms with van der Waals surface area (Å²) < 4.78 is 28.0. The van der Waals surface area contributed by atoms with Gasteiger partial charge in [-0.1, -0.05) is 6.92 Å². The van der Waals surface area contributed by atoms with Gasteiger partial charge in [-0.25, -0.2) is 13.4 Å². The molecule has 1 aromatic rings. The standard InChI is InChI=1S/C10H18N2O3S/c1-4-5-11-6-9-10(15-7-12-9)8(2)16(3,13)14/h7-8,11H,4-6H2,1-3H3. The van der Waals surface area contributed by atoms with Crippen molar-refractivity contribution < 1.29 is 12.8 Å².